The molecule has 0 aromatic carbocycles. The Hall–Kier alpha value is -0.630. The molecule has 0 atom stereocenters. The largest absolute Gasteiger partial charge is 0.411 e. The zero-order chi connectivity index (χ0) is 11.7. The van der Waals surface area contributed by atoms with Crippen molar-refractivity contribution in [1.29, 1.82) is 0 Å². The third kappa shape index (κ3) is 1.76. The van der Waals surface area contributed by atoms with Crippen molar-refractivity contribution in [3.05, 3.63) is 0 Å². The average Bonchev–Trinajstić information content (AvgIpc) is 1.79. The highest BCUT2D eigenvalue weighted by atomic mass is 19.4. The molecule has 0 nitrogen and oxygen atoms in total. The molecule has 0 unspecified atom stereocenters. The smallest absolute Gasteiger partial charge is 0.209 e. The van der Waals surface area contributed by atoms with Gasteiger partial charge in [-0.1, -0.05) is 0 Å². The summed E-state index contributed by atoms with van der Waals surface area (Å²) in [5.74, 6) is 0. The summed E-state index contributed by atoms with van der Waals surface area (Å²) in [4.78, 5) is 0. The van der Waals surface area contributed by atoms with Crippen LogP contribution in [0.4, 0.5) is 39.5 Å². The van der Waals surface area contributed by atoms with E-state index in [1.54, 1.807) is 0 Å². The minimum Gasteiger partial charge on any atom is -0.209 e. The molecule has 86 valence electrons. The molecule has 0 aliphatic heterocycles. The van der Waals surface area contributed by atoms with Crippen LogP contribution in [0.5, 0.6) is 0 Å². The number of alkyl halides is 9. The lowest BCUT2D eigenvalue weighted by molar-refractivity contribution is -0.338. The van der Waals surface area contributed by atoms with Gasteiger partial charge in [-0.3, -0.25) is 0 Å². The van der Waals surface area contributed by atoms with Crippen molar-refractivity contribution < 1.29 is 39.5 Å². The standard InChI is InChI=1S/C5H3F9/c6-1(7)4(2(8)9,3(10)11)5(12,13)14/h1-3H. The van der Waals surface area contributed by atoms with E-state index < -0.39 is 30.9 Å². The molecule has 0 fully saturated rings. The van der Waals surface area contributed by atoms with Crippen LogP contribution >= 0.6 is 0 Å². The van der Waals surface area contributed by atoms with E-state index in [4.69, 9.17) is 0 Å². The fraction of sp³-hybridized carbons (Fsp3) is 1.00. The second-order valence-corrected chi connectivity index (χ2v) is 2.33. The van der Waals surface area contributed by atoms with Crippen LogP contribution in [0.3, 0.4) is 0 Å². The normalized spacial score (nSPS) is 14.6. The maximum atomic E-state index is 11.7. The van der Waals surface area contributed by atoms with Crippen LogP contribution in [0, 0.1) is 5.41 Å². The maximum absolute atomic E-state index is 11.7. The quantitative estimate of drug-likeness (QED) is 0.657. The molecule has 0 aliphatic carbocycles. The highest BCUT2D eigenvalue weighted by Gasteiger charge is 2.73. The van der Waals surface area contributed by atoms with Crippen molar-refractivity contribution in [1.82, 2.24) is 0 Å². The van der Waals surface area contributed by atoms with Gasteiger partial charge in [0.15, 0.2) is 0 Å². The molecular formula is C5H3F9. The highest BCUT2D eigenvalue weighted by molar-refractivity contribution is 4.94. The van der Waals surface area contributed by atoms with Crippen molar-refractivity contribution in [2.24, 2.45) is 5.41 Å². The SMILES string of the molecule is FC(F)C(C(F)F)(C(F)F)C(F)(F)F. The first kappa shape index (κ1) is 13.4. The lowest BCUT2D eigenvalue weighted by atomic mass is 9.88. The summed E-state index contributed by atoms with van der Waals surface area (Å²) in [6.45, 7) is 0. The first-order chi connectivity index (χ1) is 6.08. The summed E-state index contributed by atoms with van der Waals surface area (Å²) in [5.41, 5.74) is -5.56. The molecule has 9 heteroatoms. The monoisotopic (exact) mass is 234 g/mol. The maximum Gasteiger partial charge on any atom is 0.411 e. The molecule has 0 rings (SSSR count). The van der Waals surface area contributed by atoms with Gasteiger partial charge in [-0.05, 0) is 0 Å². The summed E-state index contributed by atoms with van der Waals surface area (Å²) in [7, 11) is 0. The van der Waals surface area contributed by atoms with Crippen LogP contribution in [0.1, 0.15) is 0 Å². The van der Waals surface area contributed by atoms with E-state index >= 15 is 0 Å². The summed E-state index contributed by atoms with van der Waals surface area (Å²) >= 11 is 0. The second-order valence-electron chi connectivity index (χ2n) is 2.33. The average molecular weight is 234 g/mol. The van der Waals surface area contributed by atoms with Gasteiger partial charge in [-0.15, -0.1) is 0 Å². The molecule has 0 bridgehead atoms. The van der Waals surface area contributed by atoms with Gasteiger partial charge in [-0.25, -0.2) is 26.3 Å². The van der Waals surface area contributed by atoms with Crippen molar-refractivity contribution in [3.63, 3.8) is 0 Å². The minimum absolute atomic E-state index is 4.89. The third-order valence-electron chi connectivity index (χ3n) is 1.57. The first-order valence-electron chi connectivity index (χ1n) is 2.99. The lowest BCUT2D eigenvalue weighted by Crippen LogP contribution is -2.55. The van der Waals surface area contributed by atoms with E-state index in [1.165, 1.54) is 0 Å². The summed E-state index contributed by atoms with van der Waals surface area (Å²) in [5, 5.41) is 0. The van der Waals surface area contributed by atoms with Crippen LogP contribution in [-0.2, 0) is 0 Å². The van der Waals surface area contributed by atoms with Crippen LogP contribution in [-0.4, -0.2) is 25.5 Å². The van der Waals surface area contributed by atoms with E-state index in [0.29, 0.717) is 0 Å². The van der Waals surface area contributed by atoms with E-state index in [-0.39, 0.29) is 0 Å². The zero-order valence-electron chi connectivity index (χ0n) is 6.13. The van der Waals surface area contributed by atoms with Crippen LogP contribution in [0.2, 0.25) is 0 Å². The van der Waals surface area contributed by atoms with E-state index in [0.717, 1.165) is 0 Å². The highest BCUT2D eigenvalue weighted by Crippen LogP contribution is 2.51. The molecule has 0 aromatic rings. The van der Waals surface area contributed by atoms with Gasteiger partial charge in [0, 0.05) is 0 Å². The summed E-state index contributed by atoms with van der Waals surface area (Å²) in [6, 6.07) is 0. The molecule has 0 aromatic heterocycles. The Kier molecular flexibility index (Phi) is 3.68. The van der Waals surface area contributed by atoms with Crippen LogP contribution < -0.4 is 0 Å². The molecule has 14 heavy (non-hydrogen) atoms. The van der Waals surface area contributed by atoms with E-state index in [2.05, 4.69) is 0 Å². The van der Waals surface area contributed by atoms with Gasteiger partial charge in [0.05, 0.1) is 0 Å². The molecule has 0 heterocycles. The predicted octanol–water partition coefficient (Wildman–Crippen LogP) is 3.33. The lowest BCUT2D eigenvalue weighted by Gasteiger charge is -2.32. The fourth-order valence-corrected chi connectivity index (χ4v) is 0.657. The van der Waals surface area contributed by atoms with E-state index in [9.17, 15) is 39.5 Å². The van der Waals surface area contributed by atoms with Gasteiger partial charge < -0.3 is 0 Å². The number of hydrogen-bond donors (Lipinski definition) is 0. The number of halogens is 9. The van der Waals surface area contributed by atoms with Crippen LogP contribution in [0.25, 0.3) is 0 Å². The Balaban J connectivity index is 5.40. The Morgan fingerprint density at radius 1 is 0.571 bits per heavy atom. The van der Waals surface area contributed by atoms with Crippen molar-refractivity contribution >= 4 is 0 Å². The molecule has 0 saturated heterocycles. The third-order valence-corrected chi connectivity index (χ3v) is 1.57. The molecule has 0 aliphatic rings. The minimum atomic E-state index is -6.37. The first-order valence-corrected chi connectivity index (χ1v) is 2.99. The summed E-state index contributed by atoms with van der Waals surface area (Å²) in [6.07, 6.45) is -21.0. The second kappa shape index (κ2) is 3.85. The van der Waals surface area contributed by atoms with Gasteiger partial charge in [-0.2, -0.15) is 13.2 Å². The van der Waals surface area contributed by atoms with Gasteiger partial charge in [0.1, 0.15) is 0 Å². The number of rotatable bonds is 3. The summed E-state index contributed by atoms with van der Waals surface area (Å²) < 4.78 is 105. The molecule has 0 spiro atoms. The number of hydrogen-bond acceptors (Lipinski definition) is 0. The Labute approximate surface area is 71.7 Å². The Bertz CT molecular complexity index is 158. The predicted molar refractivity (Wildman–Crippen MR) is 26.5 cm³/mol. The molecule has 0 radical (unpaired) electrons. The van der Waals surface area contributed by atoms with Crippen molar-refractivity contribution in [2.45, 2.75) is 25.5 Å². The van der Waals surface area contributed by atoms with Gasteiger partial charge >= 0.3 is 6.18 Å². The van der Waals surface area contributed by atoms with Gasteiger partial charge in [0.2, 0.25) is 5.41 Å². The fourth-order valence-electron chi connectivity index (χ4n) is 0.657. The molecular weight excluding hydrogens is 231 g/mol. The molecule has 0 amide bonds. The van der Waals surface area contributed by atoms with Crippen molar-refractivity contribution in [2.75, 3.05) is 0 Å². The van der Waals surface area contributed by atoms with Crippen LogP contribution in [0.15, 0.2) is 0 Å². The zero-order valence-corrected chi connectivity index (χ0v) is 6.13. The Morgan fingerprint density at radius 2 is 0.786 bits per heavy atom. The van der Waals surface area contributed by atoms with Crippen molar-refractivity contribution in [3.8, 4) is 0 Å². The van der Waals surface area contributed by atoms with Gasteiger partial charge in [0.25, 0.3) is 19.3 Å². The Morgan fingerprint density at radius 3 is 0.786 bits per heavy atom. The van der Waals surface area contributed by atoms with E-state index in [1.807, 2.05) is 0 Å². The molecule has 0 N–H and O–H groups in total. The molecule has 0 saturated carbocycles. The topological polar surface area (TPSA) is 0 Å².